The molecule has 2 heterocycles. The van der Waals surface area contributed by atoms with E-state index in [9.17, 15) is 9.59 Å². The topological polar surface area (TPSA) is 101 Å². The summed E-state index contributed by atoms with van der Waals surface area (Å²) in [5.41, 5.74) is 2.21. The molecule has 1 amide bonds. The van der Waals surface area contributed by atoms with E-state index >= 15 is 0 Å². The minimum Gasteiger partial charge on any atom is -0.478 e. The van der Waals surface area contributed by atoms with E-state index in [0.29, 0.717) is 13.1 Å². The second kappa shape index (κ2) is 5.31. The second-order valence-corrected chi connectivity index (χ2v) is 4.86. The fourth-order valence-electron chi connectivity index (χ4n) is 2.39. The predicted octanol–water partition coefficient (Wildman–Crippen LogP) is -0.0438. The van der Waals surface area contributed by atoms with E-state index < -0.39 is 5.97 Å². The van der Waals surface area contributed by atoms with Crippen molar-refractivity contribution in [1.29, 1.82) is 0 Å². The van der Waals surface area contributed by atoms with Crippen molar-refractivity contribution < 1.29 is 14.7 Å². The molecule has 0 fully saturated rings. The van der Waals surface area contributed by atoms with Crippen molar-refractivity contribution in [3.8, 4) is 0 Å². The maximum atomic E-state index is 12.2. The van der Waals surface area contributed by atoms with Gasteiger partial charge >= 0.3 is 5.97 Å². The van der Waals surface area contributed by atoms with Crippen LogP contribution >= 0.6 is 0 Å². The number of aromatic nitrogens is 4. The highest BCUT2D eigenvalue weighted by Gasteiger charge is 2.22. The summed E-state index contributed by atoms with van der Waals surface area (Å²) in [7, 11) is 0. The molecule has 1 aliphatic rings. The molecule has 108 valence electrons. The maximum Gasteiger partial charge on any atom is 0.335 e. The summed E-state index contributed by atoms with van der Waals surface area (Å²) in [5.74, 6) is -1.05. The molecule has 0 unspecified atom stereocenters. The van der Waals surface area contributed by atoms with Crippen LogP contribution < -0.4 is 0 Å². The number of fused-ring (bicyclic) bond motifs is 1. The SMILES string of the molecule is O=C(O)c1ccc2c(c1)CN(C(=O)Cn1cnnn1)CC2. The van der Waals surface area contributed by atoms with Crippen molar-refractivity contribution in [2.75, 3.05) is 6.54 Å². The number of aromatic carboxylic acids is 1. The third-order valence-electron chi connectivity index (χ3n) is 3.51. The average molecular weight is 287 g/mol. The molecule has 21 heavy (non-hydrogen) atoms. The molecule has 0 radical (unpaired) electrons. The third kappa shape index (κ3) is 2.73. The number of nitrogens with zero attached hydrogens (tertiary/aromatic N) is 5. The maximum absolute atomic E-state index is 12.2. The number of amides is 1. The van der Waals surface area contributed by atoms with Gasteiger partial charge in [0, 0.05) is 13.1 Å². The molecule has 3 rings (SSSR count). The third-order valence-corrected chi connectivity index (χ3v) is 3.51. The van der Waals surface area contributed by atoms with E-state index in [1.54, 1.807) is 17.0 Å². The van der Waals surface area contributed by atoms with E-state index in [-0.39, 0.29) is 18.0 Å². The first kappa shape index (κ1) is 13.2. The Kier molecular flexibility index (Phi) is 3.35. The summed E-state index contributed by atoms with van der Waals surface area (Å²) in [6, 6.07) is 5.05. The molecular weight excluding hydrogens is 274 g/mol. The van der Waals surface area contributed by atoms with E-state index in [0.717, 1.165) is 17.5 Å². The minimum absolute atomic E-state index is 0.0843. The molecule has 8 nitrogen and oxygen atoms in total. The first-order chi connectivity index (χ1) is 10.1. The molecule has 0 saturated heterocycles. The van der Waals surface area contributed by atoms with E-state index in [1.165, 1.54) is 11.0 Å². The van der Waals surface area contributed by atoms with Gasteiger partial charge in [0.1, 0.15) is 12.9 Å². The predicted molar refractivity (Wildman–Crippen MR) is 70.3 cm³/mol. The molecule has 1 N–H and O–H groups in total. The van der Waals surface area contributed by atoms with Gasteiger partial charge in [0.05, 0.1) is 5.56 Å². The second-order valence-electron chi connectivity index (χ2n) is 4.86. The molecule has 8 heteroatoms. The highest BCUT2D eigenvalue weighted by molar-refractivity contribution is 5.88. The minimum atomic E-state index is -0.963. The van der Waals surface area contributed by atoms with Crippen LogP contribution in [0.1, 0.15) is 21.5 Å². The van der Waals surface area contributed by atoms with Gasteiger partial charge < -0.3 is 10.0 Å². The Bertz CT molecular complexity index is 683. The van der Waals surface area contributed by atoms with E-state index in [1.807, 2.05) is 6.07 Å². The van der Waals surface area contributed by atoms with Crippen LogP contribution in [0.4, 0.5) is 0 Å². The molecule has 1 aromatic heterocycles. The van der Waals surface area contributed by atoms with Crippen LogP contribution in [0.2, 0.25) is 0 Å². The van der Waals surface area contributed by atoms with Crippen molar-refractivity contribution in [1.82, 2.24) is 25.1 Å². The van der Waals surface area contributed by atoms with Crippen molar-refractivity contribution in [3.63, 3.8) is 0 Å². The lowest BCUT2D eigenvalue weighted by atomic mass is 9.97. The molecular formula is C13H13N5O3. The van der Waals surface area contributed by atoms with E-state index in [2.05, 4.69) is 15.5 Å². The first-order valence-corrected chi connectivity index (χ1v) is 6.47. The lowest BCUT2D eigenvalue weighted by molar-refractivity contribution is -0.133. The highest BCUT2D eigenvalue weighted by Crippen LogP contribution is 2.20. The molecule has 0 bridgehead atoms. The number of carboxylic acid groups (broad SMARTS) is 1. The zero-order valence-electron chi connectivity index (χ0n) is 11.1. The fourth-order valence-corrected chi connectivity index (χ4v) is 2.39. The first-order valence-electron chi connectivity index (χ1n) is 6.47. The Hall–Kier alpha value is -2.77. The average Bonchev–Trinajstić information content (AvgIpc) is 2.98. The Labute approximate surface area is 120 Å². The summed E-state index contributed by atoms with van der Waals surface area (Å²) in [6.07, 6.45) is 2.11. The van der Waals surface area contributed by atoms with Gasteiger partial charge in [-0.2, -0.15) is 0 Å². The largest absolute Gasteiger partial charge is 0.478 e. The van der Waals surface area contributed by atoms with Crippen LogP contribution in [0.15, 0.2) is 24.5 Å². The number of carboxylic acids is 1. The number of rotatable bonds is 3. The van der Waals surface area contributed by atoms with Crippen LogP contribution in [0.3, 0.4) is 0 Å². The Morgan fingerprint density at radius 1 is 1.29 bits per heavy atom. The highest BCUT2D eigenvalue weighted by atomic mass is 16.4. The monoisotopic (exact) mass is 287 g/mol. The van der Waals surface area contributed by atoms with Gasteiger partial charge in [0.25, 0.3) is 0 Å². The van der Waals surface area contributed by atoms with Crippen molar-refractivity contribution in [3.05, 3.63) is 41.2 Å². The molecule has 0 spiro atoms. The Morgan fingerprint density at radius 2 is 2.14 bits per heavy atom. The van der Waals surface area contributed by atoms with Gasteiger partial charge in [0.15, 0.2) is 0 Å². The summed E-state index contributed by atoms with van der Waals surface area (Å²) in [6.45, 7) is 1.11. The van der Waals surface area contributed by atoms with Crippen LogP contribution in [0.5, 0.6) is 0 Å². The van der Waals surface area contributed by atoms with Crippen molar-refractivity contribution in [2.24, 2.45) is 0 Å². The number of carbonyl (C=O) groups excluding carboxylic acids is 1. The summed E-state index contributed by atoms with van der Waals surface area (Å²) in [5, 5.41) is 19.7. The summed E-state index contributed by atoms with van der Waals surface area (Å²) in [4.78, 5) is 24.9. The molecule has 1 aliphatic heterocycles. The molecule has 2 aromatic rings. The van der Waals surface area contributed by atoms with Crippen LogP contribution in [0.25, 0.3) is 0 Å². The lowest BCUT2D eigenvalue weighted by Crippen LogP contribution is -2.38. The summed E-state index contributed by atoms with van der Waals surface area (Å²) < 4.78 is 1.37. The van der Waals surface area contributed by atoms with Crippen molar-refractivity contribution >= 4 is 11.9 Å². The van der Waals surface area contributed by atoms with Gasteiger partial charge in [-0.15, -0.1) is 5.10 Å². The Morgan fingerprint density at radius 3 is 2.86 bits per heavy atom. The smallest absolute Gasteiger partial charge is 0.335 e. The van der Waals surface area contributed by atoms with Crippen LogP contribution in [-0.4, -0.2) is 48.6 Å². The number of carbonyl (C=O) groups is 2. The number of hydrogen-bond donors (Lipinski definition) is 1. The fraction of sp³-hybridized carbons (Fsp3) is 0.308. The van der Waals surface area contributed by atoms with Crippen LogP contribution in [-0.2, 0) is 24.3 Å². The van der Waals surface area contributed by atoms with E-state index in [4.69, 9.17) is 5.11 Å². The number of benzene rings is 1. The molecule has 1 aromatic carbocycles. The molecule has 0 saturated carbocycles. The zero-order valence-corrected chi connectivity index (χ0v) is 11.1. The molecule has 0 atom stereocenters. The number of tetrazole rings is 1. The van der Waals surface area contributed by atoms with Gasteiger partial charge in [-0.1, -0.05) is 6.07 Å². The molecule has 0 aliphatic carbocycles. The Balaban J connectivity index is 1.75. The van der Waals surface area contributed by atoms with Gasteiger partial charge in [-0.25, -0.2) is 9.48 Å². The zero-order chi connectivity index (χ0) is 14.8. The lowest BCUT2D eigenvalue weighted by Gasteiger charge is -2.29. The van der Waals surface area contributed by atoms with Crippen LogP contribution in [0, 0.1) is 0 Å². The van der Waals surface area contributed by atoms with Gasteiger partial charge in [-0.3, -0.25) is 4.79 Å². The number of hydrogen-bond acceptors (Lipinski definition) is 5. The van der Waals surface area contributed by atoms with Gasteiger partial charge in [0.2, 0.25) is 5.91 Å². The summed E-state index contributed by atoms with van der Waals surface area (Å²) >= 11 is 0. The normalized spacial score (nSPS) is 13.8. The van der Waals surface area contributed by atoms with Gasteiger partial charge in [-0.05, 0) is 40.1 Å². The standard InChI is InChI=1S/C13H13N5O3/c19-12(7-18-8-14-15-16-18)17-4-3-9-1-2-10(13(20)21)5-11(9)6-17/h1-2,5,8H,3-4,6-7H2,(H,20,21). The van der Waals surface area contributed by atoms with Crippen molar-refractivity contribution in [2.45, 2.75) is 19.5 Å². The quantitative estimate of drug-likeness (QED) is 0.849.